The summed E-state index contributed by atoms with van der Waals surface area (Å²) in [7, 11) is 1.65. The highest BCUT2D eigenvalue weighted by molar-refractivity contribution is 5.37. The molecule has 1 aromatic rings. The normalized spacial score (nSPS) is 14.6. The summed E-state index contributed by atoms with van der Waals surface area (Å²) in [5, 5.41) is 9.83. The molecular formula is C13H21NO2. The Labute approximate surface area is 97.2 Å². The Balaban J connectivity index is 2.84. The lowest BCUT2D eigenvalue weighted by Gasteiger charge is -2.19. The molecule has 0 saturated heterocycles. The van der Waals surface area contributed by atoms with Gasteiger partial charge in [-0.3, -0.25) is 0 Å². The number of aliphatic hydroxyl groups is 1. The van der Waals surface area contributed by atoms with Crippen LogP contribution >= 0.6 is 0 Å². The highest BCUT2D eigenvalue weighted by Gasteiger charge is 2.16. The second kappa shape index (κ2) is 5.87. The third-order valence-corrected chi connectivity index (χ3v) is 2.80. The molecule has 0 bridgehead atoms. The zero-order valence-corrected chi connectivity index (χ0v) is 10.2. The third-order valence-electron chi connectivity index (χ3n) is 2.80. The summed E-state index contributed by atoms with van der Waals surface area (Å²) in [5.74, 6) is 0.848. The molecule has 0 amide bonds. The van der Waals surface area contributed by atoms with Crippen LogP contribution in [0.1, 0.15) is 36.9 Å². The average Bonchev–Trinajstić information content (AvgIpc) is 2.28. The van der Waals surface area contributed by atoms with E-state index in [0.29, 0.717) is 0 Å². The molecule has 0 spiro atoms. The number of nitrogens with two attached hydrogens (primary N) is 1. The van der Waals surface area contributed by atoms with Gasteiger partial charge in [-0.15, -0.1) is 0 Å². The largest absolute Gasteiger partial charge is 0.496 e. The predicted molar refractivity (Wildman–Crippen MR) is 65.6 cm³/mol. The number of aryl methyl sites for hydroxylation is 1. The van der Waals surface area contributed by atoms with E-state index in [1.165, 1.54) is 0 Å². The van der Waals surface area contributed by atoms with Crippen LogP contribution in [0.15, 0.2) is 18.2 Å². The van der Waals surface area contributed by atoms with Crippen molar-refractivity contribution in [3.63, 3.8) is 0 Å². The average molecular weight is 223 g/mol. The van der Waals surface area contributed by atoms with E-state index in [9.17, 15) is 5.11 Å². The second-order valence-electron chi connectivity index (χ2n) is 4.11. The van der Waals surface area contributed by atoms with Crippen molar-refractivity contribution < 1.29 is 9.84 Å². The fraction of sp³-hybridized carbons (Fsp3) is 0.538. The van der Waals surface area contributed by atoms with E-state index in [-0.39, 0.29) is 6.04 Å². The van der Waals surface area contributed by atoms with Gasteiger partial charge in [-0.1, -0.05) is 25.5 Å². The van der Waals surface area contributed by atoms with Gasteiger partial charge < -0.3 is 15.6 Å². The number of ether oxygens (including phenoxy) is 1. The van der Waals surface area contributed by atoms with Crippen molar-refractivity contribution in [3.8, 4) is 5.75 Å². The predicted octanol–water partition coefficient (Wildman–Crippen LogP) is 2.16. The molecule has 3 heteroatoms. The summed E-state index contributed by atoms with van der Waals surface area (Å²) in [5.41, 5.74) is 7.99. The van der Waals surface area contributed by atoms with Crippen LogP contribution in [0.25, 0.3) is 0 Å². The Morgan fingerprint density at radius 2 is 2.12 bits per heavy atom. The molecule has 3 N–H and O–H groups in total. The number of rotatable bonds is 5. The van der Waals surface area contributed by atoms with Gasteiger partial charge in [-0.25, -0.2) is 0 Å². The summed E-state index contributed by atoms with van der Waals surface area (Å²) in [6.07, 6.45) is 1.19. The Morgan fingerprint density at radius 3 is 2.62 bits per heavy atom. The van der Waals surface area contributed by atoms with E-state index >= 15 is 0 Å². The molecule has 0 heterocycles. The van der Waals surface area contributed by atoms with Gasteiger partial charge in [0.05, 0.1) is 19.3 Å². The number of benzene rings is 1. The van der Waals surface area contributed by atoms with Crippen molar-refractivity contribution >= 4 is 0 Å². The lowest BCUT2D eigenvalue weighted by atomic mass is 9.97. The van der Waals surface area contributed by atoms with E-state index in [0.717, 1.165) is 29.7 Å². The summed E-state index contributed by atoms with van der Waals surface area (Å²) < 4.78 is 5.18. The van der Waals surface area contributed by atoms with Crippen molar-refractivity contribution in [2.24, 2.45) is 5.73 Å². The van der Waals surface area contributed by atoms with E-state index < -0.39 is 6.10 Å². The minimum Gasteiger partial charge on any atom is -0.496 e. The summed E-state index contributed by atoms with van der Waals surface area (Å²) in [4.78, 5) is 0. The van der Waals surface area contributed by atoms with E-state index in [1.54, 1.807) is 7.11 Å². The lowest BCUT2D eigenvalue weighted by molar-refractivity contribution is 0.134. The first-order chi connectivity index (χ1) is 7.60. The Bertz CT molecular complexity index is 339. The van der Waals surface area contributed by atoms with Crippen LogP contribution in [0.2, 0.25) is 0 Å². The van der Waals surface area contributed by atoms with Crippen LogP contribution in [-0.2, 0) is 0 Å². The molecule has 1 aromatic carbocycles. The van der Waals surface area contributed by atoms with Gasteiger partial charge >= 0.3 is 0 Å². The van der Waals surface area contributed by atoms with Crippen molar-refractivity contribution in [3.05, 3.63) is 29.3 Å². The van der Waals surface area contributed by atoms with Gasteiger partial charge in [0.2, 0.25) is 0 Å². The Hall–Kier alpha value is -1.06. The summed E-state index contributed by atoms with van der Waals surface area (Å²) in [6.45, 7) is 4.01. The monoisotopic (exact) mass is 223 g/mol. The molecule has 1 rings (SSSR count). The fourth-order valence-electron chi connectivity index (χ4n) is 1.81. The maximum absolute atomic E-state index is 9.83. The van der Waals surface area contributed by atoms with Gasteiger partial charge in [-0.2, -0.15) is 0 Å². The fourth-order valence-corrected chi connectivity index (χ4v) is 1.81. The molecule has 0 saturated carbocycles. The summed E-state index contributed by atoms with van der Waals surface area (Å²) in [6, 6.07) is 5.46. The van der Waals surface area contributed by atoms with Crippen LogP contribution in [-0.4, -0.2) is 18.3 Å². The van der Waals surface area contributed by atoms with E-state index in [4.69, 9.17) is 10.5 Å². The third kappa shape index (κ3) is 2.97. The quantitative estimate of drug-likeness (QED) is 0.804. The number of hydrogen-bond acceptors (Lipinski definition) is 3. The molecule has 0 aliphatic heterocycles. The minimum absolute atomic E-state index is 0.315. The first-order valence-electron chi connectivity index (χ1n) is 5.68. The maximum Gasteiger partial charge on any atom is 0.121 e. The highest BCUT2D eigenvalue weighted by Crippen LogP contribution is 2.24. The SMILES string of the molecule is CCC[C@H](O)[C@H](N)c1ccc(OC)c(C)c1. The minimum atomic E-state index is -0.474. The smallest absolute Gasteiger partial charge is 0.121 e. The van der Waals surface area contributed by atoms with Crippen LogP contribution in [0, 0.1) is 6.92 Å². The topological polar surface area (TPSA) is 55.5 Å². The van der Waals surface area contributed by atoms with Gasteiger partial charge in [0.25, 0.3) is 0 Å². The number of hydrogen-bond donors (Lipinski definition) is 2. The maximum atomic E-state index is 9.83. The molecule has 16 heavy (non-hydrogen) atoms. The second-order valence-corrected chi connectivity index (χ2v) is 4.11. The van der Waals surface area contributed by atoms with Crippen LogP contribution in [0.4, 0.5) is 0 Å². The first kappa shape index (κ1) is 13.0. The molecule has 0 aliphatic rings. The van der Waals surface area contributed by atoms with Crippen molar-refractivity contribution in [1.29, 1.82) is 0 Å². The molecule has 0 aliphatic carbocycles. The summed E-state index contributed by atoms with van der Waals surface area (Å²) >= 11 is 0. The van der Waals surface area contributed by atoms with Crippen LogP contribution in [0.3, 0.4) is 0 Å². The van der Waals surface area contributed by atoms with Gasteiger partial charge in [0, 0.05) is 0 Å². The zero-order chi connectivity index (χ0) is 12.1. The zero-order valence-electron chi connectivity index (χ0n) is 10.2. The molecule has 0 radical (unpaired) electrons. The van der Waals surface area contributed by atoms with E-state index in [1.807, 2.05) is 32.0 Å². The Kier molecular flexibility index (Phi) is 4.77. The van der Waals surface area contributed by atoms with Gasteiger partial charge in [0.1, 0.15) is 5.75 Å². The van der Waals surface area contributed by atoms with Crippen LogP contribution < -0.4 is 10.5 Å². The van der Waals surface area contributed by atoms with Crippen molar-refractivity contribution in [2.45, 2.75) is 38.8 Å². The standard InChI is InChI=1S/C13H21NO2/c1-4-5-11(15)13(14)10-6-7-12(16-3)9(2)8-10/h6-8,11,13,15H,4-5,14H2,1-3H3/t11-,13+/m0/s1. The molecule has 2 atom stereocenters. The highest BCUT2D eigenvalue weighted by atomic mass is 16.5. The molecule has 3 nitrogen and oxygen atoms in total. The van der Waals surface area contributed by atoms with Gasteiger partial charge in [0.15, 0.2) is 0 Å². The molecule has 90 valence electrons. The van der Waals surface area contributed by atoms with Crippen molar-refractivity contribution in [1.82, 2.24) is 0 Å². The lowest BCUT2D eigenvalue weighted by Crippen LogP contribution is -2.26. The van der Waals surface area contributed by atoms with E-state index in [2.05, 4.69) is 0 Å². The van der Waals surface area contributed by atoms with Gasteiger partial charge in [-0.05, 0) is 30.5 Å². The molecule has 0 unspecified atom stereocenters. The number of methoxy groups -OCH3 is 1. The van der Waals surface area contributed by atoms with Crippen molar-refractivity contribution in [2.75, 3.05) is 7.11 Å². The number of aliphatic hydroxyl groups excluding tert-OH is 1. The molecule has 0 aromatic heterocycles. The first-order valence-corrected chi connectivity index (χ1v) is 5.68. The molecule has 0 fully saturated rings. The Morgan fingerprint density at radius 1 is 1.44 bits per heavy atom. The van der Waals surface area contributed by atoms with Crippen LogP contribution in [0.5, 0.6) is 5.75 Å². The molecular weight excluding hydrogens is 202 g/mol.